The van der Waals surface area contributed by atoms with Gasteiger partial charge >= 0.3 is 0 Å². The highest BCUT2D eigenvalue weighted by Crippen LogP contribution is 2.19. The smallest absolute Gasteiger partial charge is 0.233 e. The molecule has 2 rings (SSSR count). The molecule has 2 aromatic rings. The van der Waals surface area contributed by atoms with Crippen molar-refractivity contribution in [2.24, 2.45) is 0 Å². The third-order valence-electron chi connectivity index (χ3n) is 3.18. The van der Waals surface area contributed by atoms with E-state index >= 15 is 0 Å². The topological polar surface area (TPSA) is 87.7 Å². The highest BCUT2D eigenvalue weighted by atomic mass is 32.2. The summed E-state index contributed by atoms with van der Waals surface area (Å²) in [6.45, 7) is 3.93. The van der Waals surface area contributed by atoms with Crippen LogP contribution < -0.4 is 0 Å². The molecule has 0 spiro atoms. The Bertz CT molecular complexity index is 587. The lowest BCUT2D eigenvalue weighted by Crippen LogP contribution is -2.31. The Morgan fingerprint density at radius 2 is 2.33 bits per heavy atom. The summed E-state index contributed by atoms with van der Waals surface area (Å²) in [5.41, 5.74) is 0.817. The molecule has 1 atom stereocenters. The first-order valence-electron chi connectivity index (χ1n) is 6.67. The van der Waals surface area contributed by atoms with Crippen molar-refractivity contribution in [3.05, 3.63) is 30.1 Å². The summed E-state index contributed by atoms with van der Waals surface area (Å²) in [6.07, 6.45) is 3.96. The van der Waals surface area contributed by atoms with Crippen LogP contribution in [-0.2, 0) is 11.2 Å². The third kappa shape index (κ3) is 4.01. The molecule has 1 N–H and O–H groups in total. The van der Waals surface area contributed by atoms with E-state index in [1.165, 1.54) is 18.1 Å². The number of nitrogens with one attached hydrogen (secondary N) is 1. The van der Waals surface area contributed by atoms with E-state index in [9.17, 15) is 4.79 Å². The van der Waals surface area contributed by atoms with Gasteiger partial charge in [0.05, 0.1) is 17.5 Å². The molecule has 0 aliphatic rings. The first-order chi connectivity index (χ1) is 10.1. The standard InChI is InChI=1S/C13H18N6OS/c1-4-11-16-13(18-17-11)21-7-12(20)19(3)9(2)10-5-6-14-8-15-10/h5-6,8-9H,4,7H2,1-3H3,(H,16,17,18)/t9-/m0/s1. The van der Waals surface area contributed by atoms with Gasteiger partial charge in [0, 0.05) is 19.7 Å². The number of carbonyl (C=O) groups excluding carboxylic acids is 1. The Labute approximate surface area is 127 Å². The summed E-state index contributed by atoms with van der Waals surface area (Å²) < 4.78 is 0. The fourth-order valence-corrected chi connectivity index (χ4v) is 2.43. The van der Waals surface area contributed by atoms with Gasteiger partial charge in [-0.15, -0.1) is 5.10 Å². The van der Waals surface area contributed by atoms with Gasteiger partial charge in [-0.1, -0.05) is 18.7 Å². The number of amides is 1. The number of H-pyrrole nitrogens is 1. The van der Waals surface area contributed by atoms with Crippen molar-refractivity contribution in [3.8, 4) is 0 Å². The normalized spacial score (nSPS) is 12.1. The molecule has 8 heteroatoms. The number of aromatic nitrogens is 5. The van der Waals surface area contributed by atoms with Gasteiger partial charge in [-0.05, 0) is 13.0 Å². The molecule has 0 unspecified atom stereocenters. The van der Waals surface area contributed by atoms with Crippen LogP contribution in [0.15, 0.2) is 23.7 Å². The number of hydrogen-bond donors (Lipinski definition) is 1. The highest BCUT2D eigenvalue weighted by molar-refractivity contribution is 7.99. The van der Waals surface area contributed by atoms with E-state index in [1.807, 2.05) is 19.9 Å². The molecule has 0 aliphatic carbocycles. The van der Waals surface area contributed by atoms with Crippen LogP contribution in [0.5, 0.6) is 0 Å². The van der Waals surface area contributed by atoms with Gasteiger partial charge < -0.3 is 4.90 Å². The van der Waals surface area contributed by atoms with Crippen molar-refractivity contribution in [2.45, 2.75) is 31.5 Å². The zero-order chi connectivity index (χ0) is 15.2. The fraction of sp³-hybridized carbons (Fsp3) is 0.462. The number of nitrogens with zero attached hydrogens (tertiary/aromatic N) is 5. The summed E-state index contributed by atoms with van der Waals surface area (Å²) >= 11 is 1.33. The first kappa shape index (κ1) is 15.4. The zero-order valence-electron chi connectivity index (χ0n) is 12.3. The number of thioether (sulfide) groups is 1. The van der Waals surface area contributed by atoms with Gasteiger partial charge in [0.1, 0.15) is 12.2 Å². The number of rotatable bonds is 6. The van der Waals surface area contributed by atoms with Crippen LogP contribution in [0.2, 0.25) is 0 Å². The molecular formula is C13H18N6OS. The molecular weight excluding hydrogens is 288 g/mol. The zero-order valence-corrected chi connectivity index (χ0v) is 13.1. The average molecular weight is 306 g/mol. The number of aryl methyl sites for hydroxylation is 1. The number of hydrogen-bond acceptors (Lipinski definition) is 6. The second-order valence-electron chi connectivity index (χ2n) is 4.52. The minimum absolute atomic E-state index is 0.00830. The maximum absolute atomic E-state index is 12.2. The molecule has 0 saturated carbocycles. The van der Waals surface area contributed by atoms with Crippen molar-refractivity contribution in [1.29, 1.82) is 0 Å². The van der Waals surface area contributed by atoms with E-state index in [2.05, 4.69) is 25.1 Å². The van der Waals surface area contributed by atoms with Crippen molar-refractivity contribution < 1.29 is 4.79 Å². The third-order valence-corrected chi connectivity index (χ3v) is 4.01. The monoisotopic (exact) mass is 306 g/mol. The first-order valence-corrected chi connectivity index (χ1v) is 7.66. The van der Waals surface area contributed by atoms with Crippen LogP contribution in [-0.4, -0.2) is 48.8 Å². The van der Waals surface area contributed by atoms with Crippen LogP contribution in [0.1, 0.15) is 31.4 Å². The van der Waals surface area contributed by atoms with Gasteiger partial charge in [0.25, 0.3) is 0 Å². The van der Waals surface area contributed by atoms with E-state index < -0.39 is 0 Å². The fourth-order valence-electron chi connectivity index (χ4n) is 1.69. The van der Waals surface area contributed by atoms with Gasteiger partial charge in [0.15, 0.2) is 0 Å². The molecule has 21 heavy (non-hydrogen) atoms. The lowest BCUT2D eigenvalue weighted by atomic mass is 10.2. The van der Waals surface area contributed by atoms with Crippen molar-refractivity contribution in [1.82, 2.24) is 30.0 Å². The molecule has 112 valence electrons. The summed E-state index contributed by atoms with van der Waals surface area (Å²) in [4.78, 5) is 26.2. The SMILES string of the molecule is CCc1nc(SCC(=O)N(C)[C@@H](C)c2ccncn2)n[nH]1. The van der Waals surface area contributed by atoms with Crippen molar-refractivity contribution in [2.75, 3.05) is 12.8 Å². The molecule has 0 radical (unpaired) electrons. The van der Waals surface area contributed by atoms with E-state index in [0.717, 1.165) is 17.9 Å². The van der Waals surface area contributed by atoms with E-state index in [4.69, 9.17) is 0 Å². The molecule has 7 nitrogen and oxygen atoms in total. The predicted molar refractivity (Wildman–Crippen MR) is 79.7 cm³/mol. The molecule has 2 heterocycles. The van der Waals surface area contributed by atoms with Gasteiger partial charge in [0.2, 0.25) is 11.1 Å². The molecule has 0 bridgehead atoms. The Hall–Kier alpha value is -1.96. The molecule has 0 saturated heterocycles. The van der Waals surface area contributed by atoms with Crippen molar-refractivity contribution >= 4 is 17.7 Å². The lowest BCUT2D eigenvalue weighted by Gasteiger charge is -2.24. The van der Waals surface area contributed by atoms with Crippen LogP contribution >= 0.6 is 11.8 Å². The van der Waals surface area contributed by atoms with Gasteiger partial charge in [-0.2, -0.15) is 0 Å². The molecule has 2 aromatic heterocycles. The summed E-state index contributed by atoms with van der Waals surface area (Å²) in [5, 5.41) is 7.49. The van der Waals surface area contributed by atoms with E-state index in [-0.39, 0.29) is 11.9 Å². The van der Waals surface area contributed by atoms with Crippen LogP contribution in [0.25, 0.3) is 0 Å². The van der Waals surface area contributed by atoms with Crippen LogP contribution in [0.4, 0.5) is 0 Å². The van der Waals surface area contributed by atoms with E-state index in [0.29, 0.717) is 10.9 Å². The second-order valence-corrected chi connectivity index (χ2v) is 5.46. The van der Waals surface area contributed by atoms with Gasteiger partial charge in [-0.3, -0.25) is 9.89 Å². The van der Waals surface area contributed by atoms with Crippen LogP contribution in [0.3, 0.4) is 0 Å². The molecule has 0 fully saturated rings. The predicted octanol–water partition coefficient (Wildman–Crippen LogP) is 1.47. The van der Waals surface area contributed by atoms with E-state index in [1.54, 1.807) is 18.1 Å². The Kier molecular flexibility index (Phi) is 5.26. The van der Waals surface area contributed by atoms with Crippen molar-refractivity contribution in [3.63, 3.8) is 0 Å². The molecule has 1 amide bonds. The largest absolute Gasteiger partial charge is 0.337 e. The quantitative estimate of drug-likeness (QED) is 0.813. The minimum atomic E-state index is -0.0977. The van der Waals surface area contributed by atoms with Gasteiger partial charge in [-0.25, -0.2) is 15.0 Å². The molecule has 0 aromatic carbocycles. The summed E-state index contributed by atoms with van der Waals surface area (Å²) in [5.74, 6) is 1.13. The number of aromatic amines is 1. The summed E-state index contributed by atoms with van der Waals surface area (Å²) in [6, 6.07) is 1.71. The highest BCUT2D eigenvalue weighted by Gasteiger charge is 2.19. The van der Waals surface area contributed by atoms with Crippen LogP contribution in [0, 0.1) is 0 Å². The molecule has 0 aliphatic heterocycles. The Morgan fingerprint density at radius 3 is 2.95 bits per heavy atom. The number of carbonyl (C=O) groups is 1. The summed E-state index contributed by atoms with van der Waals surface area (Å²) in [7, 11) is 1.77. The lowest BCUT2D eigenvalue weighted by molar-refractivity contribution is -0.129. The Morgan fingerprint density at radius 1 is 1.52 bits per heavy atom. The average Bonchev–Trinajstić information content (AvgIpc) is 3.00. The minimum Gasteiger partial charge on any atom is -0.337 e. The second kappa shape index (κ2) is 7.16. The maximum atomic E-state index is 12.2. The maximum Gasteiger partial charge on any atom is 0.233 e. The Balaban J connectivity index is 1.90.